The lowest BCUT2D eigenvalue weighted by Crippen LogP contribution is -2.48. The molecule has 0 radical (unpaired) electrons. The van der Waals surface area contributed by atoms with Crippen molar-refractivity contribution in [1.82, 2.24) is 20.0 Å². The molecule has 1 aliphatic heterocycles. The van der Waals surface area contributed by atoms with Gasteiger partial charge in [-0.25, -0.2) is 0 Å². The molecule has 0 aromatic carbocycles. The Morgan fingerprint density at radius 1 is 1.35 bits per heavy atom. The van der Waals surface area contributed by atoms with Crippen molar-refractivity contribution in [3.8, 4) is 6.07 Å². The molecular formula is C11H13N5O. The first-order valence-corrected chi connectivity index (χ1v) is 5.46. The maximum absolute atomic E-state index is 12.0. The van der Waals surface area contributed by atoms with Gasteiger partial charge in [0.15, 0.2) is 0 Å². The zero-order chi connectivity index (χ0) is 12.1. The molecule has 6 heteroatoms. The lowest BCUT2D eigenvalue weighted by Gasteiger charge is -2.33. The molecule has 17 heavy (non-hydrogen) atoms. The summed E-state index contributed by atoms with van der Waals surface area (Å²) in [5.74, 6) is -0.0171. The summed E-state index contributed by atoms with van der Waals surface area (Å²) in [5.41, 5.74) is 0.564. The zero-order valence-corrected chi connectivity index (χ0v) is 9.41. The van der Waals surface area contributed by atoms with Gasteiger partial charge in [0.2, 0.25) is 0 Å². The van der Waals surface area contributed by atoms with Crippen LogP contribution in [0.1, 0.15) is 10.4 Å². The highest BCUT2D eigenvalue weighted by Crippen LogP contribution is 2.06. The number of piperazine rings is 1. The van der Waals surface area contributed by atoms with Crippen LogP contribution in [0.25, 0.3) is 0 Å². The molecule has 6 nitrogen and oxygen atoms in total. The first-order chi connectivity index (χ1) is 8.31. The third-order valence-corrected chi connectivity index (χ3v) is 2.79. The van der Waals surface area contributed by atoms with E-state index in [2.05, 4.69) is 16.3 Å². The van der Waals surface area contributed by atoms with E-state index in [9.17, 15) is 4.79 Å². The van der Waals surface area contributed by atoms with Crippen molar-refractivity contribution >= 4 is 5.91 Å². The maximum atomic E-state index is 12.0. The van der Waals surface area contributed by atoms with E-state index in [4.69, 9.17) is 5.26 Å². The minimum absolute atomic E-state index is 0.0171. The van der Waals surface area contributed by atoms with E-state index in [0.717, 1.165) is 13.1 Å². The van der Waals surface area contributed by atoms with E-state index in [1.54, 1.807) is 11.0 Å². The van der Waals surface area contributed by atoms with Crippen LogP contribution in [0.5, 0.6) is 0 Å². The Morgan fingerprint density at radius 2 is 2.12 bits per heavy atom. The third kappa shape index (κ3) is 2.77. The molecule has 1 fully saturated rings. The molecule has 2 heterocycles. The van der Waals surface area contributed by atoms with Gasteiger partial charge >= 0.3 is 0 Å². The van der Waals surface area contributed by atoms with Crippen molar-refractivity contribution < 1.29 is 4.79 Å². The number of hydrogen-bond acceptors (Lipinski definition) is 5. The van der Waals surface area contributed by atoms with Gasteiger partial charge in [-0.3, -0.25) is 9.69 Å². The van der Waals surface area contributed by atoms with Crippen molar-refractivity contribution in [3.05, 3.63) is 24.0 Å². The number of aromatic nitrogens is 2. The fourth-order valence-electron chi connectivity index (χ4n) is 1.81. The average molecular weight is 231 g/mol. The highest BCUT2D eigenvalue weighted by Gasteiger charge is 2.21. The average Bonchev–Trinajstić information content (AvgIpc) is 2.40. The summed E-state index contributed by atoms with van der Waals surface area (Å²) in [6.45, 7) is 3.24. The fraction of sp³-hybridized carbons (Fsp3) is 0.455. The van der Waals surface area contributed by atoms with Crippen molar-refractivity contribution in [2.45, 2.75) is 0 Å². The summed E-state index contributed by atoms with van der Waals surface area (Å²) in [6, 6.07) is 3.78. The molecule has 1 aliphatic rings. The predicted molar refractivity (Wildman–Crippen MR) is 60.0 cm³/mol. The van der Waals surface area contributed by atoms with E-state index < -0.39 is 0 Å². The number of carbonyl (C=O) groups is 1. The third-order valence-electron chi connectivity index (χ3n) is 2.79. The molecule has 0 aliphatic carbocycles. The van der Waals surface area contributed by atoms with Crippen LogP contribution in [0.3, 0.4) is 0 Å². The standard InChI is InChI=1S/C11H13N5O/c12-2-4-15-5-7-16(8-6-15)11(17)10-1-3-13-14-9-10/h1,3,9H,4-8H2. The normalized spacial score (nSPS) is 16.5. The second-order valence-corrected chi connectivity index (χ2v) is 3.86. The quantitative estimate of drug-likeness (QED) is 0.657. The van der Waals surface area contributed by atoms with Crippen LogP contribution < -0.4 is 0 Å². The van der Waals surface area contributed by atoms with Gasteiger partial charge in [0, 0.05) is 26.2 Å². The Balaban J connectivity index is 1.93. The van der Waals surface area contributed by atoms with E-state index in [-0.39, 0.29) is 5.91 Å². The molecule has 0 spiro atoms. The van der Waals surface area contributed by atoms with Crippen LogP contribution in [0.4, 0.5) is 0 Å². The van der Waals surface area contributed by atoms with Gasteiger partial charge in [0.1, 0.15) is 0 Å². The number of hydrogen-bond donors (Lipinski definition) is 0. The monoisotopic (exact) mass is 231 g/mol. The number of nitriles is 1. The number of nitrogens with zero attached hydrogens (tertiary/aromatic N) is 5. The molecule has 1 saturated heterocycles. The number of amides is 1. The summed E-state index contributed by atoms with van der Waals surface area (Å²) < 4.78 is 0. The Morgan fingerprint density at radius 3 is 2.71 bits per heavy atom. The van der Waals surface area contributed by atoms with Gasteiger partial charge in [-0.1, -0.05) is 0 Å². The van der Waals surface area contributed by atoms with Gasteiger partial charge in [0.25, 0.3) is 5.91 Å². The molecule has 0 atom stereocenters. The molecule has 2 rings (SSSR count). The largest absolute Gasteiger partial charge is 0.336 e. The lowest BCUT2D eigenvalue weighted by atomic mass is 10.2. The van der Waals surface area contributed by atoms with E-state index >= 15 is 0 Å². The van der Waals surface area contributed by atoms with Gasteiger partial charge in [-0.05, 0) is 6.07 Å². The van der Waals surface area contributed by atoms with Crippen LogP contribution in [-0.2, 0) is 0 Å². The van der Waals surface area contributed by atoms with Crippen molar-refractivity contribution in [2.24, 2.45) is 0 Å². The van der Waals surface area contributed by atoms with Crippen LogP contribution in [0.15, 0.2) is 18.5 Å². The Bertz CT molecular complexity index is 419. The van der Waals surface area contributed by atoms with Crippen LogP contribution in [0.2, 0.25) is 0 Å². The van der Waals surface area contributed by atoms with Gasteiger partial charge in [-0.2, -0.15) is 15.5 Å². The van der Waals surface area contributed by atoms with Gasteiger partial charge in [0.05, 0.1) is 30.6 Å². The molecule has 88 valence electrons. The molecule has 1 amide bonds. The van der Waals surface area contributed by atoms with E-state index in [1.807, 2.05) is 4.90 Å². The molecule has 1 aromatic heterocycles. The minimum Gasteiger partial charge on any atom is -0.336 e. The molecule has 0 bridgehead atoms. The van der Waals surface area contributed by atoms with Crippen molar-refractivity contribution in [3.63, 3.8) is 0 Å². The maximum Gasteiger partial charge on any atom is 0.255 e. The van der Waals surface area contributed by atoms with Crippen LogP contribution in [-0.4, -0.2) is 58.6 Å². The molecule has 0 saturated carbocycles. The highest BCUT2D eigenvalue weighted by molar-refractivity contribution is 5.93. The number of rotatable bonds is 2. The van der Waals surface area contributed by atoms with Gasteiger partial charge < -0.3 is 4.90 Å². The first kappa shape index (κ1) is 11.5. The first-order valence-electron chi connectivity index (χ1n) is 5.46. The number of carbonyl (C=O) groups excluding carboxylic acids is 1. The van der Waals surface area contributed by atoms with Crippen LogP contribution in [0, 0.1) is 11.3 Å². The summed E-state index contributed by atoms with van der Waals surface area (Å²) in [6.07, 6.45) is 2.99. The summed E-state index contributed by atoms with van der Waals surface area (Å²) in [7, 11) is 0. The summed E-state index contributed by atoms with van der Waals surface area (Å²) in [4.78, 5) is 15.9. The van der Waals surface area contributed by atoms with Crippen molar-refractivity contribution in [1.29, 1.82) is 5.26 Å². The topological polar surface area (TPSA) is 73.1 Å². The molecule has 0 N–H and O–H groups in total. The molecular weight excluding hydrogens is 218 g/mol. The van der Waals surface area contributed by atoms with E-state index in [0.29, 0.717) is 25.2 Å². The Labute approximate surface area is 99.5 Å². The Kier molecular flexibility index (Phi) is 3.62. The minimum atomic E-state index is -0.0171. The highest BCUT2D eigenvalue weighted by atomic mass is 16.2. The lowest BCUT2D eigenvalue weighted by molar-refractivity contribution is 0.0651. The second kappa shape index (κ2) is 5.37. The second-order valence-electron chi connectivity index (χ2n) is 3.86. The molecule has 1 aromatic rings. The summed E-state index contributed by atoms with van der Waals surface area (Å²) >= 11 is 0. The smallest absolute Gasteiger partial charge is 0.255 e. The summed E-state index contributed by atoms with van der Waals surface area (Å²) in [5, 5.41) is 15.9. The predicted octanol–water partition coefficient (Wildman–Crippen LogP) is -0.242. The molecule has 0 unspecified atom stereocenters. The van der Waals surface area contributed by atoms with E-state index in [1.165, 1.54) is 12.4 Å². The zero-order valence-electron chi connectivity index (χ0n) is 9.41. The fourth-order valence-corrected chi connectivity index (χ4v) is 1.81. The van der Waals surface area contributed by atoms with Gasteiger partial charge in [-0.15, -0.1) is 0 Å². The van der Waals surface area contributed by atoms with Crippen molar-refractivity contribution in [2.75, 3.05) is 32.7 Å². The van der Waals surface area contributed by atoms with Crippen LogP contribution >= 0.6 is 0 Å². The SMILES string of the molecule is N#CCN1CCN(C(=O)c2ccnnc2)CC1. The Hall–Kier alpha value is -2.00.